The lowest BCUT2D eigenvalue weighted by Gasteiger charge is -2.21. The van der Waals surface area contributed by atoms with Gasteiger partial charge in [0.15, 0.2) is 11.6 Å². The zero-order valence-electron chi connectivity index (χ0n) is 9.50. The van der Waals surface area contributed by atoms with Gasteiger partial charge in [-0.3, -0.25) is 0 Å². The molecular formula is C11H13F2NO3. The average molecular weight is 245 g/mol. The number of nitrogens with two attached hydrogens (primary N) is 1. The van der Waals surface area contributed by atoms with Crippen molar-refractivity contribution in [1.29, 1.82) is 0 Å². The number of hydrogen-bond donors (Lipinski definition) is 1. The van der Waals surface area contributed by atoms with Crippen LogP contribution in [0.15, 0.2) is 18.2 Å². The van der Waals surface area contributed by atoms with E-state index in [-0.39, 0.29) is 12.4 Å². The van der Waals surface area contributed by atoms with Gasteiger partial charge in [0.1, 0.15) is 18.0 Å². The molecule has 0 saturated carbocycles. The molecule has 2 N–H and O–H groups in total. The molecule has 0 aliphatic carbocycles. The fraction of sp³-hybridized carbons (Fsp3) is 0.364. The normalized spacial score (nSPS) is 13.9. The first-order valence-corrected chi connectivity index (χ1v) is 4.82. The molecule has 0 amide bonds. The van der Waals surface area contributed by atoms with Crippen molar-refractivity contribution in [3.05, 3.63) is 29.8 Å². The van der Waals surface area contributed by atoms with E-state index in [1.165, 1.54) is 14.0 Å². The van der Waals surface area contributed by atoms with Crippen molar-refractivity contribution in [1.82, 2.24) is 0 Å². The van der Waals surface area contributed by atoms with Gasteiger partial charge in [-0.25, -0.2) is 13.6 Å². The van der Waals surface area contributed by atoms with E-state index in [1.807, 2.05) is 0 Å². The van der Waals surface area contributed by atoms with Gasteiger partial charge in [0.2, 0.25) is 0 Å². The van der Waals surface area contributed by atoms with E-state index in [9.17, 15) is 13.6 Å². The number of ether oxygens (including phenoxy) is 2. The molecule has 0 aromatic heterocycles. The standard InChI is InChI=1S/C11H13F2NO3/c1-11(14,10(15)16-2)6-17-9-5-7(12)3-4-8(9)13/h3-5H,6,14H2,1-2H3. The van der Waals surface area contributed by atoms with E-state index in [2.05, 4.69) is 4.74 Å². The fourth-order valence-electron chi connectivity index (χ4n) is 1.11. The third kappa shape index (κ3) is 3.39. The molecule has 0 saturated heterocycles. The Labute approximate surface area is 97.3 Å². The van der Waals surface area contributed by atoms with Crippen molar-refractivity contribution in [2.75, 3.05) is 13.7 Å². The third-order valence-corrected chi connectivity index (χ3v) is 2.07. The second-order valence-electron chi connectivity index (χ2n) is 3.77. The van der Waals surface area contributed by atoms with Crippen LogP contribution in [0.1, 0.15) is 6.92 Å². The minimum Gasteiger partial charge on any atom is -0.488 e. The van der Waals surface area contributed by atoms with Gasteiger partial charge in [-0.15, -0.1) is 0 Å². The Hall–Kier alpha value is -1.69. The molecule has 6 heteroatoms. The van der Waals surface area contributed by atoms with Crippen molar-refractivity contribution in [3.63, 3.8) is 0 Å². The van der Waals surface area contributed by atoms with Crippen molar-refractivity contribution in [3.8, 4) is 5.75 Å². The summed E-state index contributed by atoms with van der Waals surface area (Å²) in [6.45, 7) is 1.05. The van der Waals surface area contributed by atoms with Crippen molar-refractivity contribution in [2.45, 2.75) is 12.5 Å². The Morgan fingerprint density at radius 3 is 2.71 bits per heavy atom. The number of esters is 1. The molecule has 1 aromatic rings. The quantitative estimate of drug-likeness (QED) is 0.810. The minimum atomic E-state index is -1.42. The Kier molecular flexibility index (Phi) is 4.01. The maximum Gasteiger partial charge on any atom is 0.329 e. The monoisotopic (exact) mass is 245 g/mol. The summed E-state index contributed by atoms with van der Waals surface area (Å²) in [7, 11) is 1.18. The molecule has 0 spiro atoms. The van der Waals surface area contributed by atoms with Crippen LogP contribution in [0.3, 0.4) is 0 Å². The highest BCUT2D eigenvalue weighted by Gasteiger charge is 2.30. The summed E-state index contributed by atoms with van der Waals surface area (Å²) in [5.74, 6) is -2.37. The van der Waals surface area contributed by atoms with E-state index < -0.39 is 23.1 Å². The zero-order chi connectivity index (χ0) is 13.1. The highest BCUT2D eigenvalue weighted by molar-refractivity contribution is 5.80. The maximum absolute atomic E-state index is 13.2. The van der Waals surface area contributed by atoms with Gasteiger partial charge < -0.3 is 15.2 Å². The van der Waals surface area contributed by atoms with Crippen LogP contribution >= 0.6 is 0 Å². The number of benzene rings is 1. The van der Waals surface area contributed by atoms with Gasteiger partial charge in [0, 0.05) is 6.07 Å². The van der Waals surface area contributed by atoms with Crippen molar-refractivity contribution >= 4 is 5.97 Å². The highest BCUT2D eigenvalue weighted by atomic mass is 19.1. The molecule has 1 rings (SSSR count). The topological polar surface area (TPSA) is 61.5 Å². The predicted octanol–water partition coefficient (Wildman–Crippen LogP) is 1.23. The summed E-state index contributed by atoms with van der Waals surface area (Å²) < 4.78 is 35.4. The molecule has 1 atom stereocenters. The second kappa shape index (κ2) is 5.09. The Bertz CT molecular complexity index is 421. The fourth-order valence-corrected chi connectivity index (χ4v) is 1.11. The number of carbonyl (C=O) groups excluding carboxylic acids is 1. The van der Waals surface area contributed by atoms with Gasteiger partial charge in [0.25, 0.3) is 0 Å². The van der Waals surface area contributed by atoms with E-state index in [0.29, 0.717) is 0 Å². The molecule has 4 nitrogen and oxygen atoms in total. The third-order valence-electron chi connectivity index (χ3n) is 2.07. The molecule has 94 valence electrons. The van der Waals surface area contributed by atoms with Gasteiger partial charge in [0.05, 0.1) is 7.11 Å². The Balaban J connectivity index is 2.73. The molecule has 1 aromatic carbocycles. The average Bonchev–Trinajstić information content (AvgIpc) is 2.29. The van der Waals surface area contributed by atoms with E-state index in [0.717, 1.165) is 18.2 Å². The van der Waals surface area contributed by atoms with Gasteiger partial charge in [-0.2, -0.15) is 0 Å². The second-order valence-corrected chi connectivity index (χ2v) is 3.77. The molecule has 0 bridgehead atoms. The van der Waals surface area contributed by atoms with Crippen LogP contribution in [0.5, 0.6) is 5.75 Å². The van der Waals surface area contributed by atoms with E-state index in [1.54, 1.807) is 0 Å². The molecule has 0 fully saturated rings. The van der Waals surface area contributed by atoms with Crippen molar-refractivity contribution < 1.29 is 23.0 Å². The zero-order valence-corrected chi connectivity index (χ0v) is 9.50. The first-order valence-electron chi connectivity index (χ1n) is 4.82. The summed E-state index contributed by atoms with van der Waals surface area (Å²) >= 11 is 0. The summed E-state index contributed by atoms with van der Waals surface area (Å²) in [5.41, 5.74) is 4.17. The first-order chi connectivity index (χ1) is 7.86. The summed E-state index contributed by atoms with van der Waals surface area (Å²) in [4.78, 5) is 11.2. The lowest BCUT2D eigenvalue weighted by molar-refractivity contribution is -0.147. The van der Waals surface area contributed by atoms with Gasteiger partial charge in [-0.05, 0) is 19.1 Å². The number of carbonyl (C=O) groups is 1. The summed E-state index contributed by atoms with van der Waals surface area (Å²) in [6, 6.07) is 2.77. The Morgan fingerprint density at radius 2 is 2.12 bits per heavy atom. The molecule has 1 unspecified atom stereocenters. The number of methoxy groups -OCH3 is 1. The largest absolute Gasteiger partial charge is 0.488 e. The lowest BCUT2D eigenvalue weighted by atomic mass is 10.1. The van der Waals surface area contributed by atoms with Crippen LogP contribution < -0.4 is 10.5 Å². The first kappa shape index (κ1) is 13.4. The van der Waals surface area contributed by atoms with Crippen LogP contribution in [0.25, 0.3) is 0 Å². The van der Waals surface area contributed by atoms with Crippen LogP contribution in [-0.4, -0.2) is 25.2 Å². The molecule has 0 aliphatic rings. The van der Waals surface area contributed by atoms with Crippen LogP contribution in [0, 0.1) is 11.6 Å². The van der Waals surface area contributed by atoms with Crippen LogP contribution in [0.2, 0.25) is 0 Å². The highest BCUT2D eigenvalue weighted by Crippen LogP contribution is 2.19. The Morgan fingerprint density at radius 1 is 1.47 bits per heavy atom. The maximum atomic E-state index is 13.2. The lowest BCUT2D eigenvalue weighted by Crippen LogP contribution is -2.50. The number of rotatable bonds is 4. The molecular weight excluding hydrogens is 232 g/mol. The molecule has 0 aliphatic heterocycles. The van der Waals surface area contributed by atoms with E-state index >= 15 is 0 Å². The van der Waals surface area contributed by atoms with Crippen molar-refractivity contribution in [2.24, 2.45) is 5.73 Å². The number of hydrogen-bond acceptors (Lipinski definition) is 4. The SMILES string of the molecule is COC(=O)C(C)(N)COc1cc(F)ccc1F. The molecule has 0 radical (unpaired) electrons. The van der Waals surface area contributed by atoms with Gasteiger partial charge >= 0.3 is 5.97 Å². The molecule has 17 heavy (non-hydrogen) atoms. The van der Waals surface area contributed by atoms with Crippen LogP contribution in [0.4, 0.5) is 8.78 Å². The predicted molar refractivity (Wildman–Crippen MR) is 56.5 cm³/mol. The summed E-state index contributed by atoms with van der Waals surface area (Å²) in [6.07, 6.45) is 0. The summed E-state index contributed by atoms with van der Waals surface area (Å²) in [5, 5.41) is 0. The van der Waals surface area contributed by atoms with Gasteiger partial charge in [-0.1, -0.05) is 0 Å². The smallest absolute Gasteiger partial charge is 0.329 e. The minimum absolute atomic E-state index is 0.300. The van der Waals surface area contributed by atoms with E-state index in [4.69, 9.17) is 10.5 Å². The number of halogens is 2. The molecule has 0 heterocycles. The van der Waals surface area contributed by atoms with Crippen LogP contribution in [-0.2, 0) is 9.53 Å².